The third-order valence-electron chi connectivity index (χ3n) is 1.66. The van der Waals surface area contributed by atoms with Crippen LogP contribution in [0, 0.1) is 0 Å². The molecule has 55 valence electrons. The average Bonchev–Trinajstić information content (AvgIpc) is 2.57. The maximum absolute atomic E-state index is 2.40. The van der Waals surface area contributed by atoms with Gasteiger partial charge in [0.25, 0.3) is 0 Å². The summed E-state index contributed by atoms with van der Waals surface area (Å²) in [6, 6.07) is 0. The van der Waals surface area contributed by atoms with E-state index in [1.807, 2.05) is 0 Å². The molecule has 2 aliphatic rings. The summed E-state index contributed by atoms with van der Waals surface area (Å²) in [5.41, 5.74) is 0. The normalized spacial score (nSPS) is 58.5. The van der Waals surface area contributed by atoms with Gasteiger partial charge in [0.1, 0.15) is 0 Å². The fourth-order valence-corrected chi connectivity index (χ4v) is 8.24. The summed E-state index contributed by atoms with van der Waals surface area (Å²) in [7, 11) is 0. The quantitative estimate of drug-likeness (QED) is 0.529. The standard InChI is InChI=1S/C6H9S3.Pb/c1-3-5(7-3)9-6-4(2)8-6;/h3,5-6H,1-2H3;. The van der Waals surface area contributed by atoms with Crippen LogP contribution < -0.4 is 0 Å². The Bertz CT molecular complexity index is 159. The van der Waals surface area contributed by atoms with E-state index in [0.29, 0.717) is 0 Å². The molecule has 2 rings (SSSR count). The Kier molecular flexibility index (Phi) is 2.34. The van der Waals surface area contributed by atoms with Gasteiger partial charge in [0.2, 0.25) is 0 Å². The molecule has 0 saturated carbocycles. The SMILES string of the molecule is CC1SC1SC1S[C]1(C)[Pb]. The molecule has 0 aromatic carbocycles. The zero-order valence-corrected chi connectivity index (χ0v) is 12.3. The van der Waals surface area contributed by atoms with Gasteiger partial charge in [0.05, 0.1) is 0 Å². The molecule has 4 heteroatoms. The van der Waals surface area contributed by atoms with Crippen molar-refractivity contribution in [1.29, 1.82) is 0 Å². The first-order chi connectivity index (χ1) is 4.59. The minimum absolute atomic E-state index is 0.730. The molecule has 2 saturated heterocycles. The molecule has 0 nitrogen and oxygen atoms in total. The van der Waals surface area contributed by atoms with E-state index in [-0.39, 0.29) is 0 Å². The van der Waals surface area contributed by atoms with Gasteiger partial charge >= 0.3 is 91.6 Å². The van der Waals surface area contributed by atoms with Crippen molar-refractivity contribution in [2.24, 2.45) is 0 Å². The number of thioether (sulfide) groups is 3. The van der Waals surface area contributed by atoms with Gasteiger partial charge in [-0.1, -0.05) is 0 Å². The molecule has 0 bridgehead atoms. The first-order valence-electron chi connectivity index (χ1n) is 3.33. The Balaban J connectivity index is 1.75. The fourth-order valence-electron chi connectivity index (χ4n) is 0.777. The van der Waals surface area contributed by atoms with Gasteiger partial charge in [0, 0.05) is 0 Å². The molecular weight excluding hydrogens is 375 g/mol. The first-order valence-corrected chi connectivity index (χ1v) is 8.04. The zero-order valence-electron chi connectivity index (χ0n) is 5.96. The molecule has 0 amide bonds. The Hall–Kier alpha value is 1.97. The second kappa shape index (κ2) is 2.74. The monoisotopic (exact) mass is 385 g/mol. The van der Waals surface area contributed by atoms with Gasteiger partial charge in [0.15, 0.2) is 0 Å². The third-order valence-corrected chi connectivity index (χ3v) is 11.0. The second-order valence-corrected chi connectivity index (χ2v) is 13.3. The van der Waals surface area contributed by atoms with E-state index in [0.717, 1.165) is 16.7 Å². The zero-order chi connectivity index (χ0) is 7.35. The van der Waals surface area contributed by atoms with E-state index in [9.17, 15) is 0 Å². The van der Waals surface area contributed by atoms with Crippen LogP contribution in [0.25, 0.3) is 0 Å². The van der Waals surface area contributed by atoms with Crippen molar-refractivity contribution in [3.8, 4) is 0 Å². The van der Waals surface area contributed by atoms with Crippen LogP contribution in [-0.2, 0) is 0 Å². The second-order valence-electron chi connectivity index (χ2n) is 2.90. The third kappa shape index (κ3) is 1.83. The van der Waals surface area contributed by atoms with Crippen molar-refractivity contribution < 1.29 is 0 Å². The van der Waals surface area contributed by atoms with Crippen LogP contribution in [0.3, 0.4) is 0 Å². The van der Waals surface area contributed by atoms with E-state index in [1.54, 1.807) is 0 Å². The molecular formula is C6H9PbS3. The average molecular weight is 385 g/mol. The van der Waals surface area contributed by atoms with Crippen LogP contribution in [0.4, 0.5) is 0 Å². The summed E-state index contributed by atoms with van der Waals surface area (Å²) >= 11 is 7.87. The van der Waals surface area contributed by atoms with E-state index in [4.69, 9.17) is 0 Å². The van der Waals surface area contributed by atoms with Gasteiger partial charge in [-0.05, 0) is 0 Å². The van der Waals surface area contributed by atoms with E-state index >= 15 is 0 Å². The van der Waals surface area contributed by atoms with Crippen molar-refractivity contribution in [3.05, 3.63) is 0 Å². The molecule has 2 heterocycles. The van der Waals surface area contributed by atoms with Gasteiger partial charge in [-0.25, -0.2) is 0 Å². The van der Waals surface area contributed by atoms with E-state index in [1.165, 1.54) is 25.8 Å². The maximum atomic E-state index is 2.40. The summed E-state index contributed by atoms with van der Waals surface area (Å²) in [5.74, 6) is 0. The van der Waals surface area contributed by atoms with E-state index in [2.05, 4.69) is 49.1 Å². The molecule has 0 aromatic heterocycles. The Labute approximate surface area is 90.7 Å². The number of hydrogen-bond donors (Lipinski definition) is 0. The van der Waals surface area contributed by atoms with Crippen molar-refractivity contribution in [2.45, 2.75) is 30.6 Å². The summed E-state index contributed by atoms with van der Waals surface area (Å²) in [6.45, 7) is 4.74. The predicted molar refractivity (Wildman–Crippen MR) is 54.0 cm³/mol. The first kappa shape index (κ1) is 8.57. The van der Waals surface area contributed by atoms with Crippen LogP contribution in [0.1, 0.15) is 13.8 Å². The molecule has 2 fully saturated rings. The summed E-state index contributed by atoms with van der Waals surface area (Å²) in [5, 5.41) is 0.948. The Morgan fingerprint density at radius 1 is 1.60 bits per heavy atom. The van der Waals surface area contributed by atoms with Crippen LogP contribution in [0.5, 0.6) is 0 Å². The molecule has 3 radical (unpaired) electrons. The summed E-state index contributed by atoms with van der Waals surface area (Å²) < 4.78 is 2.64. The molecule has 4 atom stereocenters. The van der Waals surface area contributed by atoms with Gasteiger partial charge in [-0.2, -0.15) is 0 Å². The van der Waals surface area contributed by atoms with Crippen LogP contribution in [0.15, 0.2) is 0 Å². The summed E-state index contributed by atoms with van der Waals surface area (Å²) in [6.07, 6.45) is 0. The fraction of sp³-hybridized carbons (Fsp3) is 1.00. The molecule has 0 aromatic rings. The van der Waals surface area contributed by atoms with Crippen LogP contribution in [0.2, 0.25) is 0 Å². The minimum atomic E-state index is 0.730. The van der Waals surface area contributed by atoms with Crippen molar-refractivity contribution in [3.63, 3.8) is 0 Å². The van der Waals surface area contributed by atoms with Crippen LogP contribution in [-0.4, -0.2) is 42.5 Å². The molecule has 0 spiro atoms. The summed E-state index contributed by atoms with van der Waals surface area (Å²) in [4.78, 5) is 0. The van der Waals surface area contributed by atoms with E-state index < -0.39 is 0 Å². The van der Waals surface area contributed by atoms with Gasteiger partial charge in [-0.15, -0.1) is 0 Å². The van der Waals surface area contributed by atoms with Gasteiger partial charge < -0.3 is 0 Å². The number of hydrogen-bond acceptors (Lipinski definition) is 3. The topological polar surface area (TPSA) is 0 Å². The molecule has 0 N–H and O–H groups in total. The van der Waals surface area contributed by atoms with Crippen molar-refractivity contribution >= 4 is 61.1 Å². The van der Waals surface area contributed by atoms with Crippen molar-refractivity contribution in [1.82, 2.24) is 0 Å². The Morgan fingerprint density at radius 2 is 2.10 bits per heavy atom. The van der Waals surface area contributed by atoms with Gasteiger partial charge in [-0.3, -0.25) is 0 Å². The number of rotatable bonds is 2. The molecule has 2 aliphatic heterocycles. The van der Waals surface area contributed by atoms with Crippen LogP contribution >= 0.6 is 35.3 Å². The molecule has 4 unspecified atom stereocenters. The Morgan fingerprint density at radius 3 is 2.40 bits per heavy atom. The van der Waals surface area contributed by atoms with Crippen molar-refractivity contribution in [2.75, 3.05) is 0 Å². The predicted octanol–water partition coefficient (Wildman–Crippen LogP) is 2.14. The molecule has 0 aliphatic carbocycles. The molecule has 10 heavy (non-hydrogen) atoms.